The predicted octanol–water partition coefficient (Wildman–Crippen LogP) is 2.40. The normalized spacial score (nSPS) is 10.7. The molecule has 1 aromatic rings. The van der Waals surface area contributed by atoms with E-state index >= 15 is 0 Å². The number of rotatable bonds is 4. The topological polar surface area (TPSA) is 39.2 Å². The van der Waals surface area contributed by atoms with Crippen molar-refractivity contribution in [3.05, 3.63) is 29.1 Å². The van der Waals surface area contributed by atoms with Crippen molar-refractivity contribution in [1.82, 2.24) is 4.98 Å². The van der Waals surface area contributed by atoms with Gasteiger partial charge in [-0.1, -0.05) is 0 Å². The second kappa shape index (κ2) is 5.60. The third kappa shape index (κ3) is 3.40. The first-order valence-electron chi connectivity index (χ1n) is 4.74. The van der Waals surface area contributed by atoms with E-state index in [0.29, 0.717) is 6.07 Å². The average molecular weight is 251 g/mol. The zero-order valence-corrected chi connectivity index (χ0v) is 8.84. The van der Waals surface area contributed by atoms with Gasteiger partial charge in [0.05, 0.1) is 13.0 Å². The van der Waals surface area contributed by atoms with Crippen molar-refractivity contribution in [2.24, 2.45) is 0 Å². The predicted molar refractivity (Wildman–Crippen MR) is 49.4 cm³/mol. The first kappa shape index (κ1) is 13.4. The number of ether oxygens (including phenoxy) is 1. The molecule has 0 radical (unpaired) electrons. The Morgan fingerprint density at radius 2 is 2.12 bits per heavy atom. The lowest BCUT2D eigenvalue weighted by atomic mass is 10.1. The second-order valence-corrected chi connectivity index (χ2v) is 3.09. The van der Waals surface area contributed by atoms with E-state index in [9.17, 15) is 22.4 Å². The Morgan fingerprint density at radius 3 is 2.65 bits per heavy atom. The molecule has 0 bridgehead atoms. The average Bonchev–Trinajstić information content (AvgIpc) is 2.23. The van der Waals surface area contributed by atoms with Crippen LogP contribution in [0.4, 0.5) is 17.6 Å². The highest BCUT2D eigenvalue weighted by atomic mass is 19.3. The monoisotopic (exact) mass is 251 g/mol. The van der Waals surface area contributed by atoms with Gasteiger partial charge in [0.1, 0.15) is 5.69 Å². The summed E-state index contributed by atoms with van der Waals surface area (Å²) >= 11 is 0. The van der Waals surface area contributed by atoms with Crippen LogP contribution >= 0.6 is 0 Å². The van der Waals surface area contributed by atoms with Crippen molar-refractivity contribution in [3.8, 4) is 0 Å². The van der Waals surface area contributed by atoms with Crippen LogP contribution in [-0.4, -0.2) is 17.6 Å². The van der Waals surface area contributed by atoms with Crippen molar-refractivity contribution in [2.45, 2.75) is 19.8 Å². The summed E-state index contributed by atoms with van der Waals surface area (Å²) in [5.41, 5.74) is -1.32. The molecular weight excluding hydrogens is 242 g/mol. The molecule has 0 saturated carbocycles. The first-order valence-corrected chi connectivity index (χ1v) is 4.74. The Balaban J connectivity index is 3.04. The molecule has 0 atom stereocenters. The number of aromatic nitrogens is 1. The Kier molecular flexibility index (Phi) is 4.42. The van der Waals surface area contributed by atoms with E-state index in [1.165, 1.54) is 6.92 Å². The van der Waals surface area contributed by atoms with Gasteiger partial charge in [0, 0.05) is 0 Å². The molecule has 1 rings (SSSR count). The van der Waals surface area contributed by atoms with Gasteiger partial charge in [-0.25, -0.2) is 18.2 Å². The maximum Gasteiger partial charge on any atom is 0.310 e. The van der Waals surface area contributed by atoms with Crippen LogP contribution in [0.1, 0.15) is 24.6 Å². The minimum Gasteiger partial charge on any atom is -0.466 e. The molecule has 0 aliphatic heterocycles. The van der Waals surface area contributed by atoms with Gasteiger partial charge in [-0.2, -0.15) is 4.39 Å². The quantitative estimate of drug-likeness (QED) is 0.468. The second-order valence-electron chi connectivity index (χ2n) is 3.09. The van der Waals surface area contributed by atoms with E-state index in [1.807, 2.05) is 0 Å². The third-order valence-electron chi connectivity index (χ3n) is 1.89. The van der Waals surface area contributed by atoms with Crippen molar-refractivity contribution < 1.29 is 27.1 Å². The highest BCUT2D eigenvalue weighted by Crippen LogP contribution is 2.23. The minimum absolute atomic E-state index is 0.0694. The summed E-state index contributed by atoms with van der Waals surface area (Å²) in [6, 6.07) is 0.529. The fourth-order valence-electron chi connectivity index (χ4n) is 1.22. The summed E-state index contributed by atoms with van der Waals surface area (Å²) in [6.07, 6.45) is -3.66. The zero-order valence-electron chi connectivity index (χ0n) is 8.84. The number of carbonyl (C=O) groups is 1. The fraction of sp³-hybridized carbons (Fsp3) is 0.400. The maximum absolute atomic E-state index is 12.8. The summed E-state index contributed by atoms with van der Waals surface area (Å²) in [7, 11) is 0. The number of halogens is 4. The fourth-order valence-corrected chi connectivity index (χ4v) is 1.22. The molecule has 3 nitrogen and oxygen atoms in total. The van der Waals surface area contributed by atoms with E-state index in [4.69, 9.17) is 0 Å². The molecule has 0 aliphatic carbocycles. The number of pyridine rings is 1. The zero-order chi connectivity index (χ0) is 13.0. The number of hydrogen-bond donors (Lipinski definition) is 0. The SMILES string of the molecule is CCOC(=O)Cc1cc(F)c(F)nc1C(F)F. The van der Waals surface area contributed by atoms with Crippen LogP contribution in [0.25, 0.3) is 0 Å². The number of alkyl halides is 2. The van der Waals surface area contributed by atoms with Gasteiger partial charge in [0.2, 0.25) is 5.95 Å². The lowest BCUT2D eigenvalue weighted by Gasteiger charge is -2.08. The molecule has 0 aliphatic rings. The standard InChI is InChI=1S/C10H9F4NO2/c1-2-17-7(16)4-5-3-6(11)10(14)15-8(5)9(12)13/h3,9H,2,4H2,1H3. The largest absolute Gasteiger partial charge is 0.466 e. The van der Waals surface area contributed by atoms with Gasteiger partial charge in [-0.3, -0.25) is 4.79 Å². The highest BCUT2D eigenvalue weighted by molar-refractivity contribution is 5.72. The van der Waals surface area contributed by atoms with E-state index in [0.717, 1.165) is 0 Å². The van der Waals surface area contributed by atoms with Crippen LogP contribution in [-0.2, 0) is 16.0 Å². The van der Waals surface area contributed by atoms with Crippen LogP contribution in [0.5, 0.6) is 0 Å². The van der Waals surface area contributed by atoms with E-state index in [-0.39, 0.29) is 12.2 Å². The molecule has 0 fully saturated rings. The molecule has 0 unspecified atom stereocenters. The summed E-state index contributed by atoms with van der Waals surface area (Å²) in [6.45, 7) is 1.61. The van der Waals surface area contributed by atoms with Crippen LogP contribution in [0.2, 0.25) is 0 Å². The molecule has 0 saturated heterocycles. The Labute approximate surface area is 94.4 Å². The molecule has 0 amide bonds. The number of carbonyl (C=O) groups excluding carboxylic acids is 1. The van der Waals surface area contributed by atoms with Crippen molar-refractivity contribution in [3.63, 3.8) is 0 Å². The molecule has 94 valence electrons. The molecule has 1 aromatic heterocycles. The van der Waals surface area contributed by atoms with Crippen molar-refractivity contribution >= 4 is 5.97 Å². The van der Waals surface area contributed by atoms with Crippen LogP contribution in [0.3, 0.4) is 0 Å². The highest BCUT2D eigenvalue weighted by Gasteiger charge is 2.21. The Bertz CT molecular complexity index is 423. The van der Waals surface area contributed by atoms with Crippen LogP contribution in [0.15, 0.2) is 6.07 Å². The summed E-state index contributed by atoms with van der Waals surface area (Å²) in [4.78, 5) is 13.9. The van der Waals surface area contributed by atoms with Gasteiger partial charge in [0.15, 0.2) is 5.82 Å². The number of hydrogen-bond acceptors (Lipinski definition) is 3. The smallest absolute Gasteiger partial charge is 0.310 e. The van der Waals surface area contributed by atoms with Gasteiger partial charge in [0.25, 0.3) is 6.43 Å². The molecule has 0 aromatic carbocycles. The minimum atomic E-state index is -3.09. The molecule has 0 spiro atoms. The molecule has 17 heavy (non-hydrogen) atoms. The number of nitrogens with zero attached hydrogens (tertiary/aromatic N) is 1. The Morgan fingerprint density at radius 1 is 1.47 bits per heavy atom. The van der Waals surface area contributed by atoms with Gasteiger partial charge in [-0.15, -0.1) is 0 Å². The first-order chi connectivity index (χ1) is 7.95. The van der Waals surface area contributed by atoms with Crippen LogP contribution < -0.4 is 0 Å². The van der Waals surface area contributed by atoms with E-state index < -0.39 is 36.3 Å². The molecular formula is C10H9F4NO2. The summed E-state index contributed by atoms with van der Waals surface area (Å²) in [5.74, 6) is -3.80. The summed E-state index contributed by atoms with van der Waals surface area (Å²) < 4.78 is 55.0. The lowest BCUT2D eigenvalue weighted by molar-refractivity contribution is -0.142. The van der Waals surface area contributed by atoms with E-state index in [2.05, 4.69) is 9.72 Å². The van der Waals surface area contributed by atoms with E-state index in [1.54, 1.807) is 0 Å². The van der Waals surface area contributed by atoms with Crippen molar-refractivity contribution in [1.29, 1.82) is 0 Å². The summed E-state index contributed by atoms with van der Waals surface area (Å²) in [5, 5.41) is 0. The maximum atomic E-state index is 12.8. The van der Waals surface area contributed by atoms with Gasteiger partial charge < -0.3 is 4.74 Å². The van der Waals surface area contributed by atoms with Crippen molar-refractivity contribution in [2.75, 3.05) is 6.61 Å². The number of esters is 1. The van der Waals surface area contributed by atoms with Gasteiger partial charge in [-0.05, 0) is 18.6 Å². The molecule has 1 heterocycles. The Hall–Kier alpha value is -1.66. The third-order valence-corrected chi connectivity index (χ3v) is 1.89. The van der Waals surface area contributed by atoms with Crippen LogP contribution in [0, 0.1) is 11.8 Å². The molecule has 7 heteroatoms. The lowest BCUT2D eigenvalue weighted by Crippen LogP contribution is -2.12. The molecule has 0 N–H and O–H groups in total. The van der Waals surface area contributed by atoms with Gasteiger partial charge >= 0.3 is 5.97 Å².